The second-order valence-electron chi connectivity index (χ2n) is 5.21. The minimum Gasteiger partial charge on any atom is -0.461 e. The number of aromatic amines is 1. The first-order valence-electron chi connectivity index (χ1n) is 7.50. The molecule has 0 unspecified atom stereocenters. The van der Waals surface area contributed by atoms with Crippen molar-refractivity contribution in [2.45, 2.75) is 19.8 Å². The number of anilines is 1. The maximum Gasteiger partial charge on any atom is 0.356 e. The van der Waals surface area contributed by atoms with Gasteiger partial charge in [0.05, 0.1) is 12.3 Å². The fraction of sp³-hybridized carbons (Fsp3) is 0.353. The molecule has 0 bridgehead atoms. The highest BCUT2D eigenvalue weighted by Crippen LogP contribution is 2.36. The first kappa shape index (κ1) is 13.7. The molecule has 1 saturated heterocycles. The van der Waals surface area contributed by atoms with Crippen LogP contribution in [0, 0.1) is 0 Å². The van der Waals surface area contributed by atoms with Crippen molar-refractivity contribution in [2.75, 3.05) is 24.6 Å². The van der Waals surface area contributed by atoms with Gasteiger partial charge in [-0.05, 0) is 25.3 Å². The van der Waals surface area contributed by atoms with E-state index in [4.69, 9.17) is 4.74 Å². The van der Waals surface area contributed by atoms with Gasteiger partial charge in [0.1, 0.15) is 5.69 Å². The summed E-state index contributed by atoms with van der Waals surface area (Å²) in [4.78, 5) is 17.6. The van der Waals surface area contributed by atoms with Gasteiger partial charge in [-0.1, -0.05) is 30.3 Å². The van der Waals surface area contributed by atoms with Crippen LogP contribution in [0.2, 0.25) is 0 Å². The number of esters is 1. The van der Waals surface area contributed by atoms with Crippen LogP contribution in [-0.4, -0.2) is 30.6 Å². The molecule has 21 heavy (non-hydrogen) atoms. The topological polar surface area (TPSA) is 45.3 Å². The molecule has 0 saturated carbocycles. The summed E-state index contributed by atoms with van der Waals surface area (Å²) in [7, 11) is 0. The van der Waals surface area contributed by atoms with E-state index in [-0.39, 0.29) is 5.97 Å². The molecular formula is C17H20N2O2. The molecule has 110 valence electrons. The lowest BCUT2D eigenvalue weighted by Gasteiger charge is -2.20. The molecular weight excluding hydrogens is 264 g/mol. The summed E-state index contributed by atoms with van der Waals surface area (Å²) in [6.45, 7) is 4.20. The highest BCUT2D eigenvalue weighted by molar-refractivity contribution is 5.99. The van der Waals surface area contributed by atoms with E-state index in [9.17, 15) is 4.79 Å². The van der Waals surface area contributed by atoms with Crippen LogP contribution in [0.4, 0.5) is 5.69 Å². The van der Waals surface area contributed by atoms with E-state index in [0.29, 0.717) is 12.3 Å². The Kier molecular flexibility index (Phi) is 3.95. The normalized spacial score (nSPS) is 14.4. The summed E-state index contributed by atoms with van der Waals surface area (Å²) in [6.07, 6.45) is 4.25. The van der Waals surface area contributed by atoms with Crippen molar-refractivity contribution in [2.24, 2.45) is 0 Å². The number of H-pyrrole nitrogens is 1. The standard InChI is InChI=1S/C17H20N2O2/c1-2-21-17(20)15-16(19-10-6-7-11-19)14(12-18-15)13-8-4-3-5-9-13/h3-5,8-9,12,18H,2,6-7,10-11H2,1H3. The fourth-order valence-corrected chi connectivity index (χ4v) is 2.88. The van der Waals surface area contributed by atoms with Crippen LogP contribution in [0.3, 0.4) is 0 Å². The number of benzene rings is 1. The van der Waals surface area contributed by atoms with Crippen LogP contribution >= 0.6 is 0 Å². The van der Waals surface area contributed by atoms with Gasteiger partial charge in [-0.2, -0.15) is 0 Å². The van der Waals surface area contributed by atoms with Crippen LogP contribution in [0.1, 0.15) is 30.3 Å². The van der Waals surface area contributed by atoms with Gasteiger partial charge in [-0.25, -0.2) is 4.79 Å². The van der Waals surface area contributed by atoms with E-state index in [1.165, 1.54) is 12.8 Å². The molecule has 1 N–H and O–H groups in total. The second-order valence-corrected chi connectivity index (χ2v) is 5.21. The number of nitrogens with one attached hydrogen (secondary N) is 1. The number of nitrogens with zero attached hydrogens (tertiary/aromatic N) is 1. The van der Waals surface area contributed by atoms with Crippen molar-refractivity contribution < 1.29 is 9.53 Å². The summed E-state index contributed by atoms with van der Waals surface area (Å²) in [6, 6.07) is 10.2. The molecule has 2 aromatic rings. The number of rotatable bonds is 4. The van der Waals surface area contributed by atoms with Crippen LogP contribution in [-0.2, 0) is 4.74 Å². The van der Waals surface area contributed by atoms with Gasteiger partial charge in [0, 0.05) is 24.8 Å². The summed E-state index contributed by atoms with van der Waals surface area (Å²) < 4.78 is 5.18. The molecule has 0 spiro atoms. The number of hydrogen-bond acceptors (Lipinski definition) is 3. The predicted molar refractivity (Wildman–Crippen MR) is 83.6 cm³/mol. The maximum absolute atomic E-state index is 12.2. The van der Waals surface area contributed by atoms with Gasteiger partial charge in [0.15, 0.2) is 0 Å². The van der Waals surface area contributed by atoms with E-state index in [1.807, 2.05) is 31.3 Å². The molecule has 4 heteroatoms. The molecule has 0 atom stereocenters. The van der Waals surface area contributed by atoms with Crippen molar-refractivity contribution in [3.63, 3.8) is 0 Å². The number of ether oxygens (including phenoxy) is 1. The zero-order chi connectivity index (χ0) is 14.7. The monoisotopic (exact) mass is 284 g/mol. The van der Waals surface area contributed by atoms with E-state index < -0.39 is 0 Å². The Hall–Kier alpha value is -2.23. The molecule has 1 aliphatic heterocycles. The summed E-state index contributed by atoms with van der Waals surface area (Å²) in [5.74, 6) is -0.276. The third kappa shape index (κ3) is 2.66. The van der Waals surface area contributed by atoms with Crippen molar-refractivity contribution in [3.8, 4) is 11.1 Å². The van der Waals surface area contributed by atoms with Crippen molar-refractivity contribution in [1.29, 1.82) is 0 Å². The largest absolute Gasteiger partial charge is 0.461 e. The molecule has 1 aliphatic rings. The summed E-state index contributed by atoms with van der Waals surface area (Å²) >= 11 is 0. The molecule has 0 amide bonds. The number of hydrogen-bond donors (Lipinski definition) is 1. The SMILES string of the molecule is CCOC(=O)c1[nH]cc(-c2ccccc2)c1N1CCCC1. The second kappa shape index (κ2) is 6.04. The Bertz CT molecular complexity index is 613. The van der Waals surface area contributed by atoms with E-state index in [2.05, 4.69) is 22.0 Å². The zero-order valence-corrected chi connectivity index (χ0v) is 12.3. The van der Waals surface area contributed by atoms with Crippen molar-refractivity contribution in [3.05, 3.63) is 42.2 Å². The van der Waals surface area contributed by atoms with Crippen LogP contribution < -0.4 is 4.90 Å². The van der Waals surface area contributed by atoms with E-state index in [1.54, 1.807) is 0 Å². The number of aromatic nitrogens is 1. The van der Waals surface area contributed by atoms with Gasteiger partial charge < -0.3 is 14.6 Å². The molecule has 4 nitrogen and oxygen atoms in total. The Morgan fingerprint density at radius 1 is 1.24 bits per heavy atom. The first-order chi connectivity index (χ1) is 10.3. The minimum absolute atomic E-state index is 0.276. The minimum atomic E-state index is -0.276. The Morgan fingerprint density at radius 3 is 2.62 bits per heavy atom. The third-order valence-electron chi connectivity index (χ3n) is 3.84. The van der Waals surface area contributed by atoms with Gasteiger partial charge in [-0.15, -0.1) is 0 Å². The number of carbonyl (C=O) groups is 1. The highest BCUT2D eigenvalue weighted by Gasteiger charge is 2.25. The van der Waals surface area contributed by atoms with Gasteiger partial charge >= 0.3 is 5.97 Å². The molecule has 1 fully saturated rings. The molecule has 1 aromatic carbocycles. The predicted octanol–water partition coefficient (Wildman–Crippen LogP) is 3.46. The van der Waals surface area contributed by atoms with Crippen LogP contribution in [0.5, 0.6) is 0 Å². The first-order valence-corrected chi connectivity index (χ1v) is 7.50. The van der Waals surface area contributed by atoms with E-state index >= 15 is 0 Å². The lowest BCUT2D eigenvalue weighted by Crippen LogP contribution is -2.21. The van der Waals surface area contributed by atoms with Crippen molar-refractivity contribution >= 4 is 11.7 Å². The highest BCUT2D eigenvalue weighted by atomic mass is 16.5. The Labute approximate surface area is 124 Å². The lowest BCUT2D eigenvalue weighted by molar-refractivity contribution is 0.0521. The lowest BCUT2D eigenvalue weighted by atomic mass is 10.1. The van der Waals surface area contributed by atoms with E-state index in [0.717, 1.165) is 29.9 Å². The molecule has 0 radical (unpaired) electrons. The quantitative estimate of drug-likeness (QED) is 0.875. The van der Waals surface area contributed by atoms with Crippen LogP contribution in [0.25, 0.3) is 11.1 Å². The molecule has 1 aromatic heterocycles. The maximum atomic E-state index is 12.2. The smallest absolute Gasteiger partial charge is 0.356 e. The van der Waals surface area contributed by atoms with Crippen molar-refractivity contribution in [1.82, 2.24) is 4.98 Å². The zero-order valence-electron chi connectivity index (χ0n) is 12.3. The molecule has 0 aliphatic carbocycles. The third-order valence-corrected chi connectivity index (χ3v) is 3.84. The molecule has 3 rings (SSSR count). The van der Waals surface area contributed by atoms with Gasteiger partial charge in [0.2, 0.25) is 0 Å². The average molecular weight is 284 g/mol. The molecule has 2 heterocycles. The van der Waals surface area contributed by atoms with Gasteiger partial charge in [-0.3, -0.25) is 0 Å². The van der Waals surface area contributed by atoms with Gasteiger partial charge in [0.25, 0.3) is 0 Å². The van der Waals surface area contributed by atoms with Crippen LogP contribution in [0.15, 0.2) is 36.5 Å². The Morgan fingerprint density at radius 2 is 1.95 bits per heavy atom. The summed E-state index contributed by atoms with van der Waals surface area (Å²) in [5.41, 5.74) is 3.74. The fourth-order valence-electron chi connectivity index (χ4n) is 2.88. The average Bonchev–Trinajstić information content (AvgIpc) is 3.17. The number of carbonyl (C=O) groups excluding carboxylic acids is 1. The summed E-state index contributed by atoms with van der Waals surface area (Å²) in [5, 5.41) is 0. The Balaban J connectivity index is 2.06.